The van der Waals surface area contributed by atoms with E-state index in [1.54, 1.807) is 22.3 Å². The van der Waals surface area contributed by atoms with E-state index in [0.29, 0.717) is 9.78 Å². The van der Waals surface area contributed by atoms with E-state index in [-0.39, 0.29) is 0 Å². The van der Waals surface area contributed by atoms with Crippen LogP contribution in [0.2, 0.25) is 3.17 Å². The van der Waals surface area contributed by atoms with Gasteiger partial charge in [0, 0.05) is 0 Å². The summed E-state index contributed by atoms with van der Waals surface area (Å²) in [5, 5.41) is 8.91. The fourth-order valence-electron chi connectivity index (χ4n) is 3.02. The molecule has 0 aromatic heterocycles. The Bertz CT molecular complexity index is 348. The van der Waals surface area contributed by atoms with Crippen molar-refractivity contribution in [1.82, 2.24) is 0 Å². The van der Waals surface area contributed by atoms with E-state index >= 15 is 0 Å². The molecule has 0 atom stereocenters. The molecule has 0 spiro atoms. The summed E-state index contributed by atoms with van der Waals surface area (Å²) in [5.74, 6) is 0. The monoisotopic (exact) mass is 576 g/mol. The summed E-state index contributed by atoms with van der Waals surface area (Å²) in [6.07, 6.45) is 4.70. The molecule has 1 rings (SSSR count). The van der Waals surface area contributed by atoms with E-state index in [1.807, 2.05) is 0 Å². The Balaban J connectivity index is 2.96. The van der Waals surface area contributed by atoms with Crippen LogP contribution in [0.25, 0.3) is 0 Å². The summed E-state index contributed by atoms with van der Waals surface area (Å²) in [6.45, 7) is 9.66. The SMILES string of the molecule is CC1=C(C)[C](CCCCCO)([In]([I])[I])C(C)=C1C. The van der Waals surface area contributed by atoms with Gasteiger partial charge in [0.15, 0.2) is 0 Å². The van der Waals surface area contributed by atoms with Gasteiger partial charge in [-0.1, -0.05) is 0 Å². The maximum atomic E-state index is 8.91. The molecule has 0 aromatic carbocycles. The fraction of sp³-hybridized carbons (Fsp3) is 0.714. The van der Waals surface area contributed by atoms with E-state index in [1.165, 1.54) is 19.3 Å². The zero-order chi connectivity index (χ0) is 13.9. The number of allylic oxidation sites excluding steroid dienone is 4. The van der Waals surface area contributed by atoms with Crippen LogP contribution in [0.4, 0.5) is 0 Å². The number of aliphatic hydroxyl groups excluding tert-OH is 1. The first-order valence-corrected chi connectivity index (χ1v) is 27.5. The van der Waals surface area contributed by atoms with Crippen LogP contribution < -0.4 is 0 Å². The molecular formula is C14H23I2InO. The van der Waals surface area contributed by atoms with Crippen molar-refractivity contribution < 1.29 is 5.11 Å². The van der Waals surface area contributed by atoms with Gasteiger partial charge < -0.3 is 0 Å². The normalized spacial score (nSPS) is 18.8. The van der Waals surface area contributed by atoms with Crippen LogP contribution in [0.3, 0.4) is 0 Å². The zero-order valence-corrected chi connectivity index (χ0v) is 19.4. The first-order valence-electron chi connectivity index (χ1n) is 6.64. The molecule has 0 fully saturated rings. The zero-order valence-electron chi connectivity index (χ0n) is 11.8. The molecular weight excluding hydrogens is 553 g/mol. The van der Waals surface area contributed by atoms with Gasteiger partial charge in [-0.25, -0.2) is 0 Å². The summed E-state index contributed by atoms with van der Waals surface area (Å²) in [4.78, 5) is 0. The van der Waals surface area contributed by atoms with Crippen molar-refractivity contribution in [2.75, 3.05) is 6.61 Å². The third kappa shape index (κ3) is 3.32. The summed E-state index contributed by atoms with van der Waals surface area (Å²) in [6, 6.07) is 0. The fourth-order valence-corrected chi connectivity index (χ4v) is 24.0. The van der Waals surface area contributed by atoms with Crippen molar-refractivity contribution in [2.45, 2.75) is 56.5 Å². The predicted molar refractivity (Wildman–Crippen MR) is 98.8 cm³/mol. The van der Waals surface area contributed by atoms with E-state index in [0.717, 1.165) is 6.42 Å². The Morgan fingerprint density at radius 2 is 1.44 bits per heavy atom. The average Bonchev–Trinajstić information content (AvgIpc) is 2.50. The Kier molecular flexibility index (Phi) is 7.61. The summed E-state index contributed by atoms with van der Waals surface area (Å²) >= 11 is 4.00. The Morgan fingerprint density at radius 3 is 1.83 bits per heavy atom. The minimum atomic E-state index is -1.58. The Labute approximate surface area is 138 Å². The molecule has 18 heavy (non-hydrogen) atoms. The number of rotatable bonds is 6. The molecule has 0 aromatic rings. The molecule has 1 nitrogen and oxygen atoms in total. The first-order chi connectivity index (χ1) is 8.39. The number of hydrogen-bond acceptors (Lipinski definition) is 1. The van der Waals surface area contributed by atoms with Crippen molar-refractivity contribution in [2.24, 2.45) is 0 Å². The van der Waals surface area contributed by atoms with Gasteiger partial charge in [-0.05, 0) is 0 Å². The number of halogens is 2. The second-order valence-corrected chi connectivity index (χ2v) is 42.5. The molecule has 0 bridgehead atoms. The molecule has 0 saturated heterocycles. The third-order valence-corrected chi connectivity index (χ3v) is 24.3. The topological polar surface area (TPSA) is 20.2 Å². The van der Waals surface area contributed by atoms with Gasteiger partial charge in [-0.2, -0.15) is 0 Å². The third-order valence-electron chi connectivity index (χ3n) is 4.63. The second kappa shape index (κ2) is 7.69. The second-order valence-electron chi connectivity index (χ2n) is 5.31. The number of aliphatic hydroxyl groups is 1. The maximum absolute atomic E-state index is 8.91. The van der Waals surface area contributed by atoms with Crippen LogP contribution in [0, 0.1) is 0 Å². The van der Waals surface area contributed by atoms with Crippen LogP contribution in [-0.2, 0) is 0 Å². The number of unbranched alkanes of at least 4 members (excludes halogenated alkanes) is 2. The van der Waals surface area contributed by atoms with Crippen molar-refractivity contribution in [3.05, 3.63) is 22.3 Å². The van der Waals surface area contributed by atoms with Crippen molar-refractivity contribution in [3.63, 3.8) is 0 Å². The van der Waals surface area contributed by atoms with Crippen LogP contribution in [0.5, 0.6) is 0 Å². The number of hydrogen-bond donors (Lipinski definition) is 1. The summed E-state index contributed by atoms with van der Waals surface area (Å²) in [5.41, 5.74) is 6.41. The van der Waals surface area contributed by atoms with Gasteiger partial charge in [0.1, 0.15) is 0 Å². The average molecular weight is 576 g/mol. The Morgan fingerprint density at radius 1 is 0.944 bits per heavy atom. The molecule has 1 aliphatic rings. The van der Waals surface area contributed by atoms with E-state index in [9.17, 15) is 0 Å². The molecule has 0 radical (unpaired) electrons. The molecule has 102 valence electrons. The van der Waals surface area contributed by atoms with Gasteiger partial charge in [0.25, 0.3) is 0 Å². The van der Waals surface area contributed by atoms with Crippen LogP contribution in [0.15, 0.2) is 22.3 Å². The molecule has 0 heterocycles. The van der Waals surface area contributed by atoms with Gasteiger partial charge in [-0.15, -0.1) is 0 Å². The van der Waals surface area contributed by atoms with Crippen LogP contribution >= 0.6 is 36.3 Å². The minimum absolute atomic E-state index is 0.343. The molecule has 1 aliphatic carbocycles. The molecule has 0 aliphatic heterocycles. The van der Waals surface area contributed by atoms with Gasteiger partial charge in [-0.3, -0.25) is 0 Å². The van der Waals surface area contributed by atoms with Gasteiger partial charge in [0.05, 0.1) is 0 Å². The predicted octanol–water partition coefficient (Wildman–Crippen LogP) is 5.32. The standard InChI is InChI=1S/C14H23O.2HI.In/c1-10-11(2)13(4)14(12(10)3)8-6-5-7-9-15;;;/h15H,5-9H2,1-4H3;2*1H;/q;;;+2/p-2. The van der Waals surface area contributed by atoms with Crippen molar-refractivity contribution >= 4 is 49.4 Å². The molecule has 1 N–H and O–H groups in total. The van der Waals surface area contributed by atoms with E-state index < -0.39 is 13.1 Å². The molecule has 0 saturated carbocycles. The Hall–Kier alpha value is 1.77. The van der Waals surface area contributed by atoms with Gasteiger partial charge in [0.2, 0.25) is 0 Å². The van der Waals surface area contributed by atoms with Crippen LogP contribution in [-0.4, -0.2) is 24.8 Å². The van der Waals surface area contributed by atoms with Gasteiger partial charge >= 0.3 is 140 Å². The van der Waals surface area contributed by atoms with Crippen molar-refractivity contribution in [1.29, 1.82) is 0 Å². The van der Waals surface area contributed by atoms with Crippen LogP contribution in [0.1, 0.15) is 53.4 Å². The quantitative estimate of drug-likeness (QED) is 0.336. The molecule has 4 heteroatoms. The molecule has 0 amide bonds. The molecule has 0 unspecified atom stereocenters. The first kappa shape index (κ1) is 17.8. The van der Waals surface area contributed by atoms with E-state index in [2.05, 4.69) is 64.0 Å². The summed E-state index contributed by atoms with van der Waals surface area (Å²) in [7, 11) is 0. The van der Waals surface area contributed by atoms with Crippen molar-refractivity contribution in [3.8, 4) is 0 Å². The summed E-state index contributed by atoms with van der Waals surface area (Å²) < 4.78 is 0.465. The van der Waals surface area contributed by atoms with E-state index in [4.69, 9.17) is 5.11 Å².